The van der Waals surface area contributed by atoms with Crippen LogP contribution in [0.5, 0.6) is 0 Å². The van der Waals surface area contributed by atoms with Gasteiger partial charge in [-0.25, -0.2) is 9.64 Å². The first-order valence-electron chi connectivity index (χ1n) is 25.8. The molecule has 0 unspecified atom stereocenters. The van der Waals surface area contributed by atoms with Crippen LogP contribution in [0.1, 0.15) is 56.5 Å². The molecule has 18 heteroatoms. The number of amides is 1. The summed E-state index contributed by atoms with van der Waals surface area (Å²) >= 11 is 12.7. The highest BCUT2D eigenvalue weighted by Crippen LogP contribution is 2.29. The number of nitrogens with one attached hydrogen (secondary N) is 1. The smallest absolute Gasteiger partial charge is 0.352 e. The zero-order valence-corrected chi connectivity index (χ0v) is 47.8. The van der Waals surface area contributed by atoms with Gasteiger partial charge in [0.2, 0.25) is 0 Å². The second-order valence-electron chi connectivity index (χ2n) is 19.4. The van der Waals surface area contributed by atoms with Crippen molar-refractivity contribution < 1.29 is 14.7 Å². The van der Waals surface area contributed by atoms with Crippen molar-refractivity contribution in [2.45, 2.75) is 34.4 Å². The maximum atomic E-state index is 13.5. The predicted octanol–water partition coefficient (Wildman–Crippen LogP) is 10.1. The fourth-order valence-electron chi connectivity index (χ4n) is 10.2. The molecule has 0 saturated carbocycles. The number of hydrogen-bond acceptors (Lipinski definition) is 10. The van der Waals surface area contributed by atoms with E-state index in [4.69, 9.17) is 35.0 Å². The lowest BCUT2D eigenvalue weighted by Crippen LogP contribution is -2.49. The molecule has 10 rings (SSSR count). The van der Waals surface area contributed by atoms with E-state index in [1.54, 1.807) is 17.7 Å². The largest absolute Gasteiger partial charge is 0.477 e. The van der Waals surface area contributed by atoms with Crippen LogP contribution in [0.25, 0.3) is 4.85 Å². The summed E-state index contributed by atoms with van der Waals surface area (Å²) < 4.78 is 3.79. The third kappa shape index (κ3) is 15.1. The van der Waals surface area contributed by atoms with Gasteiger partial charge in [0, 0.05) is 155 Å². The number of carbonyl (C=O) groups is 2. The first-order valence-corrected chi connectivity index (χ1v) is 26.5. The highest BCUT2D eigenvalue weighted by atomic mass is 127. The Morgan fingerprint density at radius 2 is 1.06 bits per heavy atom. The summed E-state index contributed by atoms with van der Waals surface area (Å²) in [6, 6.07) is 37.5. The number of halogens is 3. The average molecular weight is 1200 g/mol. The van der Waals surface area contributed by atoms with Gasteiger partial charge < -0.3 is 44.1 Å². The number of benzene rings is 4. The van der Waals surface area contributed by atoms with Gasteiger partial charge in [0.05, 0.1) is 39.6 Å². The monoisotopic (exact) mass is 1190 g/mol. The van der Waals surface area contributed by atoms with Gasteiger partial charge in [-0.2, -0.15) is 5.26 Å². The minimum Gasteiger partial charge on any atom is -0.477 e. The molecule has 4 saturated heterocycles. The predicted molar refractivity (Wildman–Crippen MR) is 324 cm³/mol. The van der Waals surface area contributed by atoms with Crippen molar-refractivity contribution in [1.82, 2.24) is 29.2 Å². The number of carboxylic acids is 1. The number of aromatic carboxylic acids is 1. The molecule has 15 nitrogen and oxygen atoms in total. The maximum absolute atomic E-state index is 13.5. The van der Waals surface area contributed by atoms with Crippen molar-refractivity contribution in [3.8, 4) is 6.07 Å². The lowest BCUT2D eigenvalue weighted by atomic mass is 10.2. The van der Waals surface area contributed by atoms with Crippen LogP contribution in [-0.2, 0) is 27.2 Å². The standard InChI is InChI=1S/C29H33ClN6O.C18H22ClN3O2.C11H13N3.CH4.HI/c1-22-23(21-33-11-13-35(14-12-33)27-10-5-4-9-26(27)30)19-28(32(22)3)29(37)36-17-15-34(16-18-36)25-8-6-7-24(20-25)31-2;1-13-14(11-17(18(23)24)20(13)2)12-21-7-9-22(10-8-21)16-6-4-3-5-15(16)19;12-9-10-2-1-3-11(8-10)14-6-4-13-5-7-14;;/h4-10,19-20H,11-18,21H2,1,3H3;3-6,11H,7-10,12H2,1-2H3,(H,23,24);1-3,8,13H,4-7H2;1H4;1H. The molecule has 77 heavy (non-hydrogen) atoms. The number of rotatable bonds is 10. The van der Waals surface area contributed by atoms with Crippen LogP contribution in [0.2, 0.25) is 10.0 Å². The summed E-state index contributed by atoms with van der Waals surface area (Å²) in [6.07, 6.45) is 0. The second-order valence-corrected chi connectivity index (χ2v) is 20.3. The van der Waals surface area contributed by atoms with E-state index in [0.29, 0.717) is 24.5 Å². The van der Waals surface area contributed by atoms with Gasteiger partial charge in [-0.3, -0.25) is 14.6 Å². The number of aromatic nitrogens is 2. The Labute approximate surface area is 482 Å². The van der Waals surface area contributed by atoms with E-state index in [1.807, 2.05) is 102 Å². The molecule has 1 amide bonds. The Kier molecular flexibility index (Phi) is 22.1. The highest BCUT2D eigenvalue weighted by Gasteiger charge is 2.28. The number of nitriles is 1. The number of nitrogens with zero attached hydrogens (tertiary/aromatic N) is 11. The SMILES string of the molecule is C.Cc1c(CN2CCN(c3ccccc3Cl)CC2)cc(C(=O)O)n1C.I.N#Cc1cccc(N2CCNCC2)c1.[C-]#[N+]c1cccc(N2CCN(C(=O)c3cc(CN4CCN(c5ccccc5Cl)CC4)c(C)n3C)CC2)c1. The third-order valence-corrected chi connectivity index (χ3v) is 15.6. The number of carbonyl (C=O) groups excluding carboxylic acids is 1. The zero-order valence-electron chi connectivity index (χ0n) is 44.0. The van der Waals surface area contributed by atoms with Gasteiger partial charge in [0.25, 0.3) is 5.91 Å². The average Bonchev–Trinajstić information content (AvgIpc) is 3.90. The third-order valence-electron chi connectivity index (χ3n) is 15.0. The minimum atomic E-state index is -0.879. The van der Waals surface area contributed by atoms with Crippen LogP contribution in [-0.4, -0.2) is 146 Å². The molecule has 6 aromatic rings. The number of para-hydroxylation sites is 2. The Morgan fingerprint density at radius 1 is 0.610 bits per heavy atom. The van der Waals surface area contributed by atoms with Crippen LogP contribution in [0.3, 0.4) is 0 Å². The van der Waals surface area contributed by atoms with E-state index in [0.717, 1.165) is 166 Å². The molecule has 6 heterocycles. The first-order chi connectivity index (χ1) is 36.3. The number of anilines is 4. The molecule has 0 spiro atoms. The van der Waals surface area contributed by atoms with Crippen LogP contribution >= 0.6 is 47.2 Å². The molecule has 0 bridgehead atoms. The van der Waals surface area contributed by atoms with Gasteiger partial charge >= 0.3 is 5.97 Å². The van der Waals surface area contributed by atoms with Crippen molar-refractivity contribution in [3.63, 3.8) is 0 Å². The van der Waals surface area contributed by atoms with Crippen molar-refractivity contribution in [2.75, 3.05) is 124 Å². The summed E-state index contributed by atoms with van der Waals surface area (Å²) in [6.45, 7) is 27.4. The van der Waals surface area contributed by atoms with E-state index < -0.39 is 5.97 Å². The Balaban J connectivity index is 0.000000205. The lowest BCUT2D eigenvalue weighted by Gasteiger charge is -2.36. The molecule has 4 aliphatic heterocycles. The Hall–Kier alpha value is -6.25. The summed E-state index contributed by atoms with van der Waals surface area (Å²) in [5, 5.41) is 22.9. The quantitative estimate of drug-likeness (QED) is 0.101. The molecule has 4 aromatic carbocycles. The Morgan fingerprint density at radius 3 is 1.55 bits per heavy atom. The molecule has 2 N–H and O–H groups in total. The van der Waals surface area contributed by atoms with Crippen molar-refractivity contribution in [3.05, 3.63) is 170 Å². The topological polar surface area (TPSA) is 127 Å². The fraction of sp³-hybridized carbons (Fsp3) is 0.390. The first kappa shape index (κ1) is 60.0. The van der Waals surface area contributed by atoms with Gasteiger partial charge in [-0.15, -0.1) is 24.0 Å². The summed E-state index contributed by atoms with van der Waals surface area (Å²) in [7, 11) is 3.80. The van der Waals surface area contributed by atoms with Gasteiger partial charge in [-0.05, 0) is 91.7 Å². The van der Waals surface area contributed by atoms with Crippen LogP contribution < -0.4 is 24.9 Å². The van der Waals surface area contributed by atoms with E-state index in [2.05, 4.69) is 76.8 Å². The molecule has 2 aromatic heterocycles. The van der Waals surface area contributed by atoms with E-state index in [-0.39, 0.29) is 37.3 Å². The number of piperazine rings is 4. The van der Waals surface area contributed by atoms with Crippen LogP contribution in [0, 0.1) is 31.8 Å². The minimum absolute atomic E-state index is 0. The van der Waals surface area contributed by atoms with Crippen molar-refractivity contribution in [2.24, 2.45) is 14.1 Å². The molecule has 0 aliphatic carbocycles. The second kappa shape index (κ2) is 28.4. The maximum Gasteiger partial charge on any atom is 0.352 e. The van der Waals surface area contributed by atoms with Crippen LogP contribution in [0.4, 0.5) is 28.4 Å². The molecule has 408 valence electrons. The van der Waals surface area contributed by atoms with E-state index in [1.165, 1.54) is 5.56 Å². The van der Waals surface area contributed by atoms with Crippen LogP contribution in [0.15, 0.2) is 109 Å². The molecule has 4 aliphatic rings. The molecular formula is C59H73Cl2IN12O3. The summed E-state index contributed by atoms with van der Waals surface area (Å²) in [4.78, 5) is 44.2. The number of hydrogen-bond donors (Lipinski definition) is 2. The molecule has 0 atom stereocenters. The van der Waals surface area contributed by atoms with Gasteiger partial charge in [0.1, 0.15) is 11.4 Å². The summed E-state index contributed by atoms with van der Waals surface area (Å²) in [5.41, 5.74) is 11.3. The summed E-state index contributed by atoms with van der Waals surface area (Å²) in [5.74, 6) is -0.787. The van der Waals surface area contributed by atoms with Crippen molar-refractivity contribution >= 4 is 87.5 Å². The normalized spacial score (nSPS) is 15.9. The van der Waals surface area contributed by atoms with Gasteiger partial charge in [0.15, 0.2) is 5.69 Å². The lowest BCUT2D eigenvalue weighted by molar-refractivity contribution is 0.0684. The van der Waals surface area contributed by atoms with Crippen molar-refractivity contribution in [1.29, 1.82) is 5.26 Å². The fourth-order valence-corrected chi connectivity index (χ4v) is 10.7. The Bertz CT molecular complexity index is 3010. The zero-order chi connectivity index (χ0) is 53.0. The molecular weight excluding hydrogens is 1120 g/mol. The van der Waals surface area contributed by atoms with E-state index >= 15 is 0 Å². The molecule has 0 radical (unpaired) electrons. The van der Waals surface area contributed by atoms with E-state index in [9.17, 15) is 14.7 Å². The molecule has 4 fully saturated rings. The highest BCUT2D eigenvalue weighted by molar-refractivity contribution is 14.0. The van der Waals surface area contributed by atoms with Gasteiger partial charge in [-0.1, -0.05) is 73.1 Å². The number of carboxylic acid groups (broad SMARTS) is 1.